The largest absolute Gasteiger partial charge is 0.451 e. The molecule has 3 aliphatic heterocycles. The Labute approximate surface area is 234 Å². The fourth-order valence-corrected chi connectivity index (χ4v) is 5.46. The quantitative estimate of drug-likeness (QED) is 0.365. The van der Waals surface area contributed by atoms with Crippen LogP contribution < -0.4 is 24.8 Å². The molecule has 2 aromatic heterocycles. The SMILES string of the molecule is Cn1cc(-c2cc(Nc3cc(N4OCC[C@@H]4c4cccc(F)c4F)ncn3)c3c(c2N2CCOCC2)OCO3)cn1. The lowest BCUT2D eigenvalue weighted by atomic mass is 10.0. The van der Waals surface area contributed by atoms with E-state index in [0.29, 0.717) is 68.2 Å². The number of aromatic nitrogens is 4. The molecule has 5 heterocycles. The summed E-state index contributed by atoms with van der Waals surface area (Å²) >= 11 is 0. The van der Waals surface area contributed by atoms with E-state index in [1.165, 1.54) is 17.5 Å². The summed E-state index contributed by atoms with van der Waals surface area (Å²) in [6.45, 7) is 3.08. The maximum Gasteiger partial charge on any atom is 0.231 e. The van der Waals surface area contributed by atoms with E-state index in [9.17, 15) is 8.78 Å². The molecule has 3 aliphatic rings. The number of ether oxygens (including phenoxy) is 3. The molecule has 1 atom stereocenters. The fraction of sp³-hybridized carbons (Fsp3) is 0.321. The van der Waals surface area contributed by atoms with Crippen LogP contribution in [0.25, 0.3) is 11.1 Å². The molecule has 41 heavy (non-hydrogen) atoms. The highest BCUT2D eigenvalue weighted by Crippen LogP contribution is 2.52. The minimum absolute atomic E-state index is 0.0787. The molecule has 0 amide bonds. The third-order valence-electron chi connectivity index (χ3n) is 7.35. The van der Waals surface area contributed by atoms with E-state index in [2.05, 4.69) is 25.3 Å². The molecule has 4 aromatic rings. The lowest BCUT2D eigenvalue weighted by molar-refractivity contribution is 0.122. The topological polar surface area (TPSA) is 99.0 Å². The molecule has 0 aliphatic carbocycles. The van der Waals surface area contributed by atoms with Gasteiger partial charge in [-0.2, -0.15) is 5.10 Å². The molecule has 212 valence electrons. The smallest absolute Gasteiger partial charge is 0.231 e. The van der Waals surface area contributed by atoms with E-state index in [4.69, 9.17) is 19.0 Å². The van der Waals surface area contributed by atoms with Gasteiger partial charge in [0.1, 0.15) is 12.1 Å². The van der Waals surface area contributed by atoms with Crippen molar-refractivity contribution in [3.8, 4) is 22.6 Å². The Hall–Kier alpha value is -4.49. The number of morpholine rings is 1. The van der Waals surface area contributed by atoms with Gasteiger partial charge in [0, 0.05) is 55.5 Å². The van der Waals surface area contributed by atoms with Gasteiger partial charge in [0.25, 0.3) is 0 Å². The molecule has 0 bridgehead atoms. The van der Waals surface area contributed by atoms with Crippen LogP contribution in [0.4, 0.5) is 31.8 Å². The molecule has 1 N–H and O–H groups in total. The van der Waals surface area contributed by atoms with Crippen LogP contribution in [-0.4, -0.2) is 59.5 Å². The molecule has 0 unspecified atom stereocenters. The summed E-state index contributed by atoms with van der Waals surface area (Å²) in [7, 11) is 1.87. The summed E-state index contributed by atoms with van der Waals surface area (Å²) in [5.41, 5.74) is 3.62. The van der Waals surface area contributed by atoms with Gasteiger partial charge < -0.3 is 24.4 Å². The minimum atomic E-state index is -0.902. The Morgan fingerprint density at radius 1 is 1.02 bits per heavy atom. The first kappa shape index (κ1) is 25.5. The van der Waals surface area contributed by atoms with Crippen LogP contribution in [0.2, 0.25) is 0 Å². The fourth-order valence-electron chi connectivity index (χ4n) is 5.46. The average molecular weight is 564 g/mol. The van der Waals surface area contributed by atoms with E-state index in [1.807, 2.05) is 25.5 Å². The summed E-state index contributed by atoms with van der Waals surface area (Å²) < 4.78 is 47.9. The minimum Gasteiger partial charge on any atom is -0.451 e. The molecule has 2 saturated heterocycles. The van der Waals surface area contributed by atoms with Gasteiger partial charge in [0.05, 0.1) is 43.4 Å². The molecular weight excluding hydrogens is 536 g/mol. The first-order valence-corrected chi connectivity index (χ1v) is 13.3. The lowest BCUT2D eigenvalue weighted by Crippen LogP contribution is -2.36. The number of fused-ring (bicyclic) bond motifs is 1. The van der Waals surface area contributed by atoms with Crippen molar-refractivity contribution in [2.45, 2.75) is 12.5 Å². The standard InChI is InChI=1S/C28H27F2N7O4/c1-35-14-17(13-33-35)19-11-21(27-28(40-16-39-27)26(19)36-6-9-38-10-7-36)34-23-12-24(32-15-31-23)37-22(5-8-41-37)18-3-2-4-20(29)25(18)30/h2-4,11-15,22H,5-10,16H2,1H3,(H,31,32,34)/t22-/m1/s1. The van der Waals surface area contributed by atoms with E-state index in [-0.39, 0.29) is 12.4 Å². The second kappa shape index (κ2) is 10.5. The van der Waals surface area contributed by atoms with E-state index < -0.39 is 17.7 Å². The molecule has 13 heteroatoms. The highest BCUT2D eigenvalue weighted by atomic mass is 19.2. The van der Waals surface area contributed by atoms with Gasteiger partial charge in [-0.05, 0) is 12.1 Å². The van der Waals surface area contributed by atoms with Crippen LogP contribution in [0.5, 0.6) is 11.5 Å². The van der Waals surface area contributed by atoms with E-state index >= 15 is 0 Å². The van der Waals surface area contributed by atoms with Crippen LogP contribution in [0, 0.1) is 11.6 Å². The Balaban J connectivity index is 1.25. The van der Waals surface area contributed by atoms with Crippen molar-refractivity contribution in [3.05, 3.63) is 66.3 Å². The van der Waals surface area contributed by atoms with Gasteiger partial charge in [0.15, 0.2) is 29.0 Å². The predicted molar refractivity (Wildman–Crippen MR) is 145 cm³/mol. The Morgan fingerprint density at radius 3 is 2.71 bits per heavy atom. The maximum atomic E-state index is 14.6. The first-order valence-electron chi connectivity index (χ1n) is 13.3. The van der Waals surface area contributed by atoms with Crippen LogP contribution in [-0.2, 0) is 16.6 Å². The number of hydroxylamine groups is 1. The molecule has 2 fully saturated rings. The van der Waals surface area contributed by atoms with Crippen LogP contribution in [0.1, 0.15) is 18.0 Å². The zero-order chi connectivity index (χ0) is 27.9. The number of aryl methyl sites for hydroxylation is 1. The van der Waals surface area contributed by atoms with Crippen molar-refractivity contribution in [1.82, 2.24) is 19.7 Å². The maximum absolute atomic E-state index is 14.6. The summed E-state index contributed by atoms with van der Waals surface area (Å²) in [6.07, 6.45) is 5.62. The van der Waals surface area contributed by atoms with Crippen LogP contribution >= 0.6 is 0 Å². The van der Waals surface area contributed by atoms with Gasteiger partial charge in [-0.15, -0.1) is 0 Å². The van der Waals surface area contributed by atoms with Gasteiger partial charge in [-0.25, -0.2) is 23.8 Å². The summed E-state index contributed by atoms with van der Waals surface area (Å²) in [5, 5.41) is 9.22. The Kier molecular flexibility index (Phi) is 6.51. The molecular formula is C28H27F2N7O4. The van der Waals surface area contributed by atoms with Gasteiger partial charge in [0.2, 0.25) is 6.79 Å². The zero-order valence-electron chi connectivity index (χ0n) is 22.2. The van der Waals surface area contributed by atoms with Crippen molar-refractivity contribution in [1.29, 1.82) is 0 Å². The van der Waals surface area contributed by atoms with Crippen molar-refractivity contribution in [2.24, 2.45) is 7.05 Å². The monoisotopic (exact) mass is 563 g/mol. The third kappa shape index (κ3) is 4.66. The second-order valence-electron chi connectivity index (χ2n) is 9.88. The van der Waals surface area contributed by atoms with Gasteiger partial charge >= 0.3 is 0 Å². The van der Waals surface area contributed by atoms with Crippen molar-refractivity contribution >= 4 is 23.0 Å². The molecule has 11 nitrogen and oxygen atoms in total. The second-order valence-corrected chi connectivity index (χ2v) is 9.88. The van der Waals surface area contributed by atoms with Gasteiger partial charge in [-0.1, -0.05) is 12.1 Å². The van der Waals surface area contributed by atoms with E-state index in [1.54, 1.807) is 16.8 Å². The van der Waals surface area contributed by atoms with Crippen LogP contribution in [0.3, 0.4) is 0 Å². The zero-order valence-corrected chi connectivity index (χ0v) is 22.2. The lowest BCUT2D eigenvalue weighted by Gasteiger charge is -2.31. The van der Waals surface area contributed by atoms with Crippen molar-refractivity contribution < 1.29 is 27.8 Å². The third-order valence-corrected chi connectivity index (χ3v) is 7.35. The number of halogens is 2. The Bertz CT molecular complexity index is 1590. The number of rotatable bonds is 6. The normalized spacial score (nSPS) is 18.3. The molecule has 0 saturated carbocycles. The summed E-state index contributed by atoms with van der Waals surface area (Å²) in [6, 6.07) is 7.28. The number of anilines is 4. The number of nitrogens with one attached hydrogen (secondary N) is 1. The van der Waals surface area contributed by atoms with Crippen molar-refractivity contribution in [3.63, 3.8) is 0 Å². The molecule has 0 radical (unpaired) electrons. The highest BCUT2D eigenvalue weighted by Gasteiger charge is 2.33. The van der Waals surface area contributed by atoms with Crippen molar-refractivity contribution in [2.75, 3.05) is 55.0 Å². The van der Waals surface area contributed by atoms with Crippen LogP contribution in [0.15, 0.2) is 49.1 Å². The number of benzene rings is 2. The number of nitrogens with zero attached hydrogens (tertiary/aromatic N) is 6. The average Bonchev–Trinajstić information content (AvgIpc) is 3.76. The summed E-state index contributed by atoms with van der Waals surface area (Å²) in [5.74, 6) is 0.264. The number of hydrogen-bond acceptors (Lipinski definition) is 10. The summed E-state index contributed by atoms with van der Waals surface area (Å²) in [4.78, 5) is 16.8. The molecule has 0 spiro atoms. The number of hydrogen-bond donors (Lipinski definition) is 1. The first-order chi connectivity index (χ1) is 20.1. The Morgan fingerprint density at radius 2 is 1.88 bits per heavy atom. The van der Waals surface area contributed by atoms with Gasteiger partial charge in [-0.3, -0.25) is 9.52 Å². The molecule has 2 aromatic carbocycles. The highest BCUT2D eigenvalue weighted by molar-refractivity contribution is 5.91. The predicted octanol–water partition coefficient (Wildman–Crippen LogP) is 4.35. The van der Waals surface area contributed by atoms with E-state index in [0.717, 1.165) is 22.9 Å². The molecule has 7 rings (SSSR count).